The molecule has 1 spiro atoms. The second-order valence-electron chi connectivity index (χ2n) is 7.35. The van der Waals surface area contributed by atoms with Crippen molar-refractivity contribution in [2.75, 3.05) is 44.7 Å². The second-order valence-corrected chi connectivity index (χ2v) is 7.35. The van der Waals surface area contributed by atoms with Crippen LogP contribution in [0.2, 0.25) is 0 Å². The number of pyridine rings is 1. The first-order chi connectivity index (χ1) is 12.3. The van der Waals surface area contributed by atoms with E-state index in [-0.39, 0.29) is 5.41 Å². The summed E-state index contributed by atoms with van der Waals surface area (Å²) >= 11 is 0. The lowest BCUT2D eigenvalue weighted by Gasteiger charge is -2.30. The van der Waals surface area contributed by atoms with E-state index in [0.717, 1.165) is 44.3 Å². The number of nitrogens with zero attached hydrogens (tertiary/aromatic N) is 5. The van der Waals surface area contributed by atoms with E-state index in [4.69, 9.17) is 4.74 Å². The lowest BCUT2D eigenvalue weighted by Crippen LogP contribution is -2.36. The van der Waals surface area contributed by atoms with Crippen molar-refractivity contribution in [3.05, 3.63) is 48.5 Å². The smallest absolute Gasteiger partial charge is 0.225 e. The Hall–Kier alpha value is -2.05. The predicted octanol–water partition coefficient (Wildman–Crippen LogP) is 1.85. The number of hydrogen-bond acceptors (Lipinski definition) is 6. The maximum absolute atomic E-state index is 6.06. The lowest BCUT2D eigenvalue weighted by atomic mass is 9.77. The van der Waals surface area contributed by atoms with Gasteiger partial charge in [-0.1, -0.05) is 6.07 Å². The molecule has 0 N–H and O–H groups in total. The molecule has 2 fully saturated rings. The third-order valence-corrected chi connectivity index (χ3v) is 5.51. The fourth-order valence-electron chi connectivity index (χ4n) is 4.32. The van der Waals surface area contributed by atoms with Crippen LogP contribution in [0.4, 0.5) is 5.95 Å². The monoisotopic (exact) mass is 339 g/mol. The maximum Gasteiger partial charge on any atom is 0.225 e. The van der Waals surface area contributed by atoms with Gasteiger partial charge in [-0.05, 0) is 31.2 Å². The Bertz CT molecular complexity index is 683. The molecular weight excluding hydrogens is 314 g/mol. The Morgan fingerprint density at radius 1 is 1.20 bits per heavy atom. The van der Waals surface area contributed by atoms with Gasteiger partial charge in [0.15, 0.2) is 0 Å². The normalized spacial score (nSPS) is 26.6. The number of hydrogen-bond donors (Lipinski definition) is 0. The van der Waals surface area contributed by atoms with Gasteiger partial charge in [-0.2, -0.15) is 0 Å². The molecule has 6 heteroatoms. The van der Waals surface area contributed by atoms with Crippen molar-refractivity contribution in [1.82, 2.24) is 19.9 Å². The molecule has 2 aromatic rings. The van der Waals surface area contributed by atoms with Crippen LogP contribution in [0.15, 0.2) is 43.0 Å². The maximum atomic E-state index is 6.06. The van der Waals surface area contributed by atoms with E-state index >= 15 is 0 Å². The summed E-state index contributed by atoms with van der Waals surface area (Å²) in [6, 6.07) is 5.89. The Morgan fingerprint density at radius 3 is 2.88 bits per heavy atom. The molecule has 0 aromatic carbocycles. The fraction of sp³-hybridized carbons (Fsp3) is 0.526. The van der Waals surface area contributed by atoms with Gasteiger partial charge in [-0.15, -0.1) is 0 Å². The number of anilines is 1. The van der Waals surface area contributed by atoms with Crippen molar-refractivity contribution >= 4 is 5.95 Å². The number of rotatable bonds is 5. The van der Waals surface area contributed by atoms with Gasteiger partial charge in [-0.25, -0.2) is 9.97 Å². The average molecular weight is 339 g/mol. The molecule has 2 saturated heterocycles. The highest BCUT2D eigenvalue weighted by molar-refractivity contribution is 5.32. The molecule has 0 aliphatic carbocycles. The van der Waals surface area contributed by atoms with Gasteiger partial charge in [0.05, 0.1) is 13.2 Å². The summed E-state index contributed by atoms with van der Waals surface area (Å²) in [4.78, 5) is 17.8. The highest BCUT2D eigenvalue weighted by atomic mass is 16.5. The zero-order valence-corrected chi connectivity index (χ0v) is 14.7. The van der Waals surface area contributed by atoms with Crippen LogP contribution >= 0.6 is 0 Å². The minimum Gasteiger partial charge on any atom is -0.376 e. The summed E-state index contributed by atoms with van der Waals surface area (Å²) in [7, 11) is 2.21. The standard InChI is InChI=1S/C19H25N5O/c1-23-11-17(13-25-12-16-4-2-6-20-10-16)19(14-23)5-9-24(15-19)18-21-7-3-8-22-18/h2-4,6-8,10,17H,5,9,11-15H2,1H3/t17-,19-/m0/s1. The van der Waals surface area contributed by atoms with Gasteiger partial charge in [0.2, 0.25) is 5.95 Å². The van der Waals surface area contributed by atoms with E-state index < -0.39 is 0 Å². The van der Waals surface area contributed by atoms with E-state index in [0.29, 0.717) is 12.5 Å². The van der Waals surface area contributed by atoms with Crippen LogP contribution in [0.5, 0.6) is 0 Å². The number of likely N-dealkylation sites (tertiary alicyclic amines) is 1. The third-order valence-electron chi connectivity index (χ3n) is 5.51. The highest BCUT2D eigenvalue weighted by Crippen LogP contribution is 2.44. The second kappa shape index (κ2) is 7.06. The minimum absolute atomic E-state index is 0.281. The lowest BCUT2D eigenvalue weighted by molar-refractivity contribution is 0.0560. The van der Waals surface area contributed by atoms with Gasteiger partial charge >= 0.3 is 0 Å². The topological polar surface area (TPSA) is 54.4 Å². The Balaban J connectivity index is 1.40. The summed E-state index contributed by atoms with van der Waals surface area (Å²) in [5, 5.41) is 0. The predicted molar refractivity (Wildman–Crippen MR) is 96.2 cm³/mol. The zero-order valence-electron chi connectivity index (χ0n) is 14.7. The van der Waals surface area contributed by atoms with Crippen LogP contribution in [0.25, 0.3) is 0 Å². The van der Waals surface area contributed by atoms with Gasteiger partial charge in [0, 0.05) is 62.3 Å². The van der Waals surface area contributed by atoms with Crippen molar-refractivity contribution in [3.63, 3.8) is 0 Å². The molecule has 2 aliphatic heterocycles. The van der Waals surface area contributed by atoms with E-state index in [1.165, 1.54) is 6.42 Å². The van der Waals surface area contributed by atoms with Gasteiger partial charge in [-0.3, -0.25) is 4.98 Å². The molecule has 0 radical (unpaired) electrons. The Kier molecular flexibility index (Phi) is 4.63. The first-order valence-corrected chi connectivity index (χ1v) is 8.92. The summed E-state index contributed by atoms with van der Waals surface area (Å²) < 4.78 is 6.06. The minimum atomic E-state index is 0.281. The molecule has 6 nitrogen and oxygen atoms in total. The van der Waals surface area contributed by atoms with E-state index in [1.54, 1.807) is 6.20 Å². The molecule has 4 rings (SSSR count). The number of aromatic nitrogens is 3. The molecule has 4 heterocycles. The van der Waals surface area contributed by atoms with Crippen molar-refractivity contribution in [2.24, 2.45) is 11.3 Å². The molecule has 2 aliphatic rings. The quantitative estimate of drug-likeness (QED) is 0.829. The van der Waals surface area contributed by atoms with Gasteiger partial charge < -0.3 is 14.5 Å². The summed E-state index contributed by atoms with van der Waals surface area (Å²) in [6.07, 6.45) is 8.49. The summed E-state index contributed by atoms with van der Waals surface area (Å²) in [5.41, 5.74) is 1.41. The van der Waals surface area contributed by atoms with Crippen molar-refractivity contribution in [2.45, 2.75) is 13.0 Å². The molecule has 0 bridgehead atoms. The molecule has 0 amide bonds. The molecule has 2 atom stereocenters. The zero-order chi connectivity index (χ0) is 17.1. The summed E-state index contributed by atoms with van der Waals surface area (Å²) in [5.74, 6) is 1.40. The van der Waals surface area contributed by atoms with Crippen LogP contribution in [0.3, 0.4) is 0 Å². The summed E-state index contributed by atoms with van der Waals surface area (Å²) in [6.45, 7) is 5.69. The van der Waals surface area contributed by atoms with E-state index in [9.17, 15) is 0 Å². The van der Waals surface area contributed by atoms with Gasteiger partial charge in [0.1, 0.15) is 0 Å². The van der Waals surface area contributed by atoms with Crippen LogP contribution in [-0.4, -0.2) is 59.7 Å². The third kappa shape index (κ3) is 3.50. The van der Waals surface area contributed by atoms with Crippen LogP contribution in [-0.2, 0) is 11.3 Å². The number of ether oxygens (including phenoxy) is 1. The molecular formula is C19H25N5O. The first-order valence-electron chi connectivity index (χ1n) is 8.92. The highest BCUT2D eigenvalue weighted by Gasteiger charge is 2.49. The molecule has 2 aromatic heterocycles. The molecule has 0 unspecified atom stereocenters. The van der Waals surface area contributed by atoms with Crippen LogP contribution in [0.1, 0.15) is 12.0 Å². The largest absolute Gasteiger partial charge is 0.376 e. The van der Waals surface area contributed by atoms with Crippen molar-refractivity contribution in [1.29, 1.82) is 0 Å². The van der Waals surface area contributed by atoms with Crippen LogP contribution in [0, 0.1) is 11.3 Å². The average Bonchev–Trinajstić information content (AvgIpc) is 3.20. The molecule has 0 saturated carbocycles. The fourth-order valence-corrected chi connectivity index (χ4v) is 4.32. The van der Waals surface area contributed by atoms with E-state index in [2.05, 4.69) is 37.9 Å². The Labute approximate surface area is 148 Å². The molecule has 25 heavy (non-hydrogen) atoms. The SMILES string of the molecule is CN1C[C@@H](COCc2cccnc2)[C@@]2(CCN(c3ncccn3)C2)C1. The van der Waals surface area contributed by atoms with Crippen molar-refractivity contribution in [3.8, 4) is 0 Å². The first kappa shape index (κ1) is 16.4. The Morgan fingerprint density at radius 2 is 2.08 bits per heavy atom. The molecule has 132 valence electrons. The van der Waals surface area contributed by atoms with Crippen molar-refractivity contribution < 1.29 is 4.74 Å². The van der Waals surface area contributed by atoms with Gasteiger partial charge in [0.25, 0.3) is 0 Å². The van der Waals surface area contributed by atoms with E-state index in [1.807, 2.05) is 30.7 Å². The van der Waals surface area contributed by atoms with Crippen LogP contribution < -0.4 is 4.90 Å².